The molecule has 9 rings (SSSR count). The minimum atomic E-state index is -1.59. The number of methoxy groups -OCH3 is 2. The zero-order valence-electron chi connectivity index (χ0n) is 45.1. The fraction of sp³-hybridized carbons (Fsp3) is 0.382. The summed E-state index contributed by atoms with van der Waals surface area (Å²) in [6, 6.07) is 11.9. The first-order chi connectivity index (χ1) is 37.7. The van der Waals surface area contributed by atoms with Crippen LogP contribution >= 0.6 is 0 Å². The molecule has 2 aromatic carbocycles. The van der Waals surface area contributed by atoms with Crippen molar-refractivity contribution in [1.29, 1.82) is 0 Å². The van der Waals surface area contributed by atoms with Crippen molar-refractivity contribution in [3.63, 3.8) is 0 Å². The van der Waals surface area contributed by atoms with Crippen molar-refractivity contribution in [2.45, 2.75) is 123 Å². The van der Waals surface area contributed by atoms with Crippen molar-refractivity contribution in [3.8, 4) is 23.0 Å². The van der Waals surface area contributed by atoms with E-state index in [1.807, 2.05) is 0 Å². The number of esters is 2. The fourth-order valence-corrected chi connectivity index (χ4v) is 10.0. The topological polar surface area (TPSA) is 355 Å². The molecule has 2 aliphatic heterocycles. The number of aromatic hydroxyl groups is 2. The molecule has 0 spiro atoms. The number of amides is 2. The standard InChI is InChI=1S/C55H59N5O20/c1-21-12-16-29(57-21)48(67)77-42-38(63)52(79-54(6,7)44(42)71-10)73-31-18-14-26-36(61)34(50(69)75-40(26)24(31)4)59-46(65)28-20-56-33(23(28)3)47(66)60-35-37(62)27-15-19-32(25(5)41(27)76-51(35)70)74-53-39(64)43(45(72-11)55(8,9)80-53)78-49(68)30-17-13-22(2)58-30/h12-20,38-39,42-45,52-53,56-58,61-64H,1-11H3,(H,59,65)(H,60,66)/t38-,39+,42+,43-,44-,45+,52+,53-/m0/s1. The third kappa shape index (κ3) is 10.2. The zero-order chi connectivity index (χ0) is 58.0. The van der Waals surface area contributed by atoms with Gasteiger partial charge in [-0.15, -0.1) is 0 Å². The van der Waals surface area contributed by atoms with Crippen LogP contribution in [0.5, 0.6) is 23.0 Å². The lowest BCUT2D eigenvalue weighted by Crippen LogP contribution is -2.65. The molecule has 424 valence electrons. The second-order valence-corrected chi connectivity index (χ2v) is 20.5. The molecule has 7 heterocycles. The van der Waals surface area contributed by atoms with Gasteiger partial charge < -0.3 is 92.7 Å². The molecule has 25 nitrogen and oxygen atoms in total. The molecule has 2 amide bonds. The third-order valence-electron chi connectivity index (χ3n) is 14.2. The maximum Gasteiger partial charge on any atom is 0.364 e. The summed E-state index contributed by atoms with van der Waals surface area (Å²) >= 11 is 0. The van der Waals surface area contributed by atoms with Gasteiger partial charge in [0.15, 0.2) is 47.3 Å². The highest BCUT2D eigenvalue weighted by atomic mass is 16.7. The van der Waals surface area contributed by atoms with E-state index in [-0.39, 0.29) is 72.8 Å². The number of aliphatic hydroxyl groups excluding tert-OH is 2. The highest BCUT2D eigenvalue weighted by Crippen LogP contribution is 2.41. The number of H-pyrrole nitrogens is 3. The predicted octanol–water partition coefficient (Wildman–Crippen LogP) is 5.57. The van der Waals surface area contributed by atoms with Gasteiger partial charge in [0, 0.05) is 42.9 Å². The SMILES string of the molecule is CO[C@@H]1[C@@H](OC(=O)c2ccc(C)[nH]2)[C@@H](O)[C@@H](Oc2ccc3c(O)c(NC(=O)c4[nH]cc(C(=O)Nc5c(O)c6ccc(O[C@@H]7OC(C)(C)[C@@H](OC)[C@H](OC(=O)c8ccc(C)[nH]8)[C@@H]7O)c(C)c6oc5=O)c4C)c(=O)oc3c2C)OC1(C)C. The van der Waals surface area contributed by atoms with Gasteiger partial charge in [0.1, 0.15) is 52.0 Å². The molecule has 0 unspecified atom stereocenters. The first kappa shape index (κ1) is 56.3. The van der Waals surface area contributed by atoms with E-state index in [2.05, 4.69) is 25.6 Å². The molecule has 0 radical (unpaired) electrons. The number of aromatic amines is 3. The Hall–Kier alpha value is -8.46. The minimum Gasteiger partial charge on any atom is -0.505 e. The average Bonchev–Trinajstić information content (AvgIpc) is 4.22. The van der Waals surface area contributed by atoms with Crippen LogP contribution in [0.4, 0.5) is 11.4 Å². The van der Waals surface area contributed by atoms with Gasteiger partial charge in [-0.2, -0.15) is 0 Å². The van der Waals surface area contributed by atoms with Crippen molar-refractivity contribution in [2.75, 3.05) is 24.9 Å². The largest absolute Gasteiger partial charge is 0.505 e. The first-order valence-corrected chi connectivity index (χ1v) is 25.0. The van der Waals surface area contributed by atoms with Crippen LogP contribution in [0.3, 0.4) is 0 Å². The summed E-state index contributed by atoms with van der Waals surface area (Å²) in [5.41, 5.74) is -4.60. The molecule has 25 heteroatoms. The van der Waals surface area contributed by atoms with Gasteiger partial charge in [-0.05, 0) is 116 Å². The number of benzene rings is 2. The number of aromatic nitrogens is 3. The summed E-state index contributed by atoms with van der Waals surface area (Å²) in [5.74, 6) is -4.71. The number of anilines is 2. The average molecular weight is 1110 g/mol. The van der Waals surface area contributed by atoms with Crippen LogP contribution in [0.1, 0.15) is 97.6 Å². The molecular formula is C55H59N5O20. The summed E-state index contributed by atoms with van der Waals surface area (Å²) in [7, 11) is 2.76. The molecule has 0 aliphatic carbocycles. The van der Waals surface area contributed by atoms with Crippen LogP contribution in [0.25, 0.3) is 21.9 Å². The molecule has 0 bridgehead atoms. The van der Waals surface area contributed by atoms with Gasteiger partial charge in [0.2, 0.25) is 12.6 Å². The van der Waals surface area contributed by atoms with Crippen molar-refractivity contribution in [1.82, 2.24) is 15.0 Å². The van der Waals surface area contributed by atoms with Gasteiger partial charge in [-0.1, -0.05) is 0 Å². The smallest absolute Gasteiger partial charge is 0.364 e. The van der Waals surface area contributed by atoms with Gasteiger partial charge >= 0.3 is 23.2 Å². The summed E-state index contributed by atoms with van der Waals surface area (Å²) < 4.78 is 58.3. The lowest BCUT2D eigenvalue weighted by molar-refractivity contribution is -0.305. The number of carbonyl (C=O) groups excluding carboxylic acids is 4. The van der Waals surface area contributed by atoms with E-state index in [4.69, 9.17) is 46.7 Å². The molecular weight excluding hydrogens is 1050 g/mol. The Morgan fingerprint density at radius 2 is 1.00 bits per heavy atom. The van der Waals surface area contributed by atoms with Crippen LogP contribution in [-0.2, 0) is 28.4 Å². The van der Waals surface area contributed by atoms with Gasteiger partial charge in [-0.25, -0.2) is 19.2 Å². The van der Waals surface area contributed by atoms with Crippen LogP contribution < -0.4 is 31.4 Å². The quantitative estimate of drug-likeness (QED) is 0.0474. The van der Waals surface area contributed by atoms with E-state index in [9.17, 15) is 49.2 Å². The lowest BCUT2D eigenvalue weighted by Gasteiger charge is -2.47. The predicted molar refractivity (Wildman–Crippen MR) is 281 cm³/mol. The fourth-order valence-electron chi connectivity index (χ4n) is 10.0. The second-order valence-electron chi connectivity index (χ2n) is 20.5. The lowest BCUT2D eigenvalue weighted by atomic mass is 9.89. The molecule has 0 saturated carbocycles. The Bertz CT molecular complexity index is 3480. The van der Waals surface area contributed by atoms with Gasteiger partial charge in [0.25, 0.3) is 11.8 Å². The van der Waals surface area contributed by atoms with Crippen LogP contribution in [0, 0.1) is 34.6 Å². The van der Waals surface area contributed by atoms with Gasteiger partial charge in [0.05, 0.1) is 27.5 Å². The third-order valence-corrected chi connectivity index (χ3v) is 14.2. The molecule has 80 heavy (non-hydrogen) atoms. The summed E-state index contributed by atoms with van der Waals surface area (Å²) in [5, 5.41) is 50.4. The molecule has 2 aliphatic rings. The monoisotopic (exact) mass is 1110 g/mol. The van der Waals surface area contributed by atoms with Crippen molar-refractivity contribution < 1.29 is 86.3 Å². The highest BCUT2D eigenvalue weighted by molar-refractivity contribution is 6.12. The minimum absolute atomic E-state index is 0.0247. The van der Waals surface area contributed by atoms with Crippen molar-refractivity contribution in [2.24, 2.45) is 0 Å². The molecule has 2 fully saturated rings. The first-order valence-electron chi connectivity index (χ1n) is 25.0. The summed E-state index contributed by atoms with van der Waals surface area (Å²) in [4.78, 5) is 89.0. The van der Waals surface area contributed by atoms with E-state index < -0.39 is 118 Å². The maximum absolute atomic E-state index is 13.7. The van der Waals surface area contributed by atoms with Gasteiger partial charge in [-0.3, -0.25) is 9.59 Å². The van der Waals surface area contributed by atoms with Crippen molar-refractivity contribution >= 4 is 57.1 Å². The summed E-state index contributed by atoms with van der Waals surface area (Å²) in [6.07, 6.45) is -9.34. The molecule has 7 aromatic rings. The van der Waals surface area contributed by atoms with E-state index in [0.717, 1.165) is 6.20 Å². The number of carbonyl (C=O) groups is 4. The molecule has 9 N–H and O–H groups in total. The number of ether oxygens (including phenoxy) is 8. The number of hydrogen-bond donors (Lipinski definition) is 9. The Morgan fingerprint density at radius 1 is 0.588 bits per heavy atom. The number of hydrogen-bond acceptors (Lipinski definition) is 20. The summed E-state index contributed by atoms with van der Waals surface area (Å²) in [6.45, 7) is 14.6. The zero-order valence-corrected chi connectivity index (χ0v) is 45.1. The number of aryl methyl sites for hydroxylation is 4. The molecule has 5 aromatic heterocycles. The Labute approximate surface area is 454 Å². The van der Waals surface area contributed by atoms with E-state index >= 15 is 0 Å². The van der Waals surface area contributed by atoms with Crippen LogP contribution in [0.15, 0.2) is 73.2 Å². The van der Waals surface area contributed by atoms with E-state index in [1.54, 1.807) is 53.7 Å². The Balaban J connectivity index is 0.890. The van der Waals surface area contributed by atoms with Crippen LogP contribution in [-0.4, -0.2) is 134 Å². The van der Waals surface area contributed by atoms with E-state index in [1.165, 1.54) is 71.4 Å². The van der Waals surface area contributed by atoms with E-state index in [0.29, 0.717) is 11.4 Å². The Morgan fingerprint density at radius 3 is 1.39 bits per heavy atom. The van der Waals surface area contributed by atoms with Crippen molar-refractivity contribution in [3.05, 3.63) is 126 Å². The van der Waals surface area contributed by atoms with Crippen LogP contribution in [0.2, 0.25) is 0 Å². The maximum atomic E-state index is 13.7. The number of rotatable bonds is 14. The molecule has 2 saturated heterocycles. The normalized spacial score (nSPS) is 22.4. The second kappa shape index (κ2) is 21.3. The number of nitrogens with one attached hydrogen (secondary N) is 5. The molecule has 8 atom stereocenters. The Kier molecular flexibility index (Phi) is 15.0. The number of aliphatic hydroxyl groups is 2. The highest BCUT2D eigenvalue weighted by Gasteiger charge is 2.55. The number of fused-ring (bicyclic) bond motifs is 2.